The van der Waals surface area contributed by atoms with E-state index in [9.17, 15) is 5.11 Å². The predicted octanol–water partition coefficient (Wildman–Crippen LogP) is 1.32. The molecule has 16 heavy (non-hydrogen) atoms. The molecule has 0 aromatic heterocycles. The molecule has 94 valence electrons. The van der Waals surface area contributed by atoms with Gasteiger partial charge in [-0.2, -0.15) is 0 Å². The maximum atomic E-state index is 9.51. The molecule has 0 amide bonds. The van der Waals surface area contributed by atoms with Crippen LogP contribution in [0.15, 0.2) is 0 Å². The number of piperazine rings is 1. The van der Waals surface area contributed by atoms with Crippen LogP contribution in [0.25, 0.3) is 0 Å². The van der Waals surface area contributed by atoms with Gasteiger partial charge in [0.05, 0.1) is 6.10 Å². The van der Waals surface area contributed by atoms with Gasteiger partial charge in [-0.25, -0.2) is 0 Å². The van der Waals surface area contributed by atoms with Crippen molar-refractivity contribution in [3.8, 4) is 0 Å². The van der Waals surface area contributed by atoms with E-state index in [2.05, 4.69) is 16.7 Å². The Morgan fingerprint density at radius 1 is 1.00 bits per heavy atom. The molecule has 1 saturated carbocycles. The van der Waals surface area contributed by atoms with E-state index in [0.717, 1.165) is 18.9 Å². The molecule has 3 heteroatoms. The highest BCUT2D eigenvalue weighted by atomic mass is 16.3. The maximum absolute atomic E-state index is 9.51. The summed E-state index contributed by atoms with van der Waals surface area (Å²) in [5.74, 6) is 0. The summed E-state index contributed by atoms with van der Waals surface area (Å²) >= 11 is 0. The third-order valence-corrected chi connectivity index (χ3v) is 4.13. The molecule has 0 spiro atoms. The molecule has 1 saturated heterocycles. The van der Waals surface area contributed by atoms with Gasteiger partial charge in [0.2, 0.25) is 0 Å². The lowest BCUT2D eigenvalue weighted by molar-refractivity contribution is 0.0442. The molecule has 1 heterocycles. The minimum Gasteiger partial charge on any atom is -0.393 e. The predicted molar refractivity (Wildman–Crippen MR) is 66.6 cm³/mol. The quantitative estimate of drug-likeness (QED) is 0.786. The van der Waals surface area contributed by atoms with Crippen molar-refractivity contribution in [3.63, 3.8) is 0 Å². The van der Waals surface area contributed by atoms with Crippen LogP contribution in [0.4, 0.5) is 0 Å². The molecule has 1 N–H and O–H groups in total. The first-order chi connectivity index (χ1) is 7.79. The van der Waals surface area contributed by atoms with Crippen molar-refractivity contribution in [1.82, 2.24) is 9.80 Å². The molecule has 3 nitrogen and oxygen atoms in total. The van der Waals surface area contributed by atoms with Crippen molar-refractivity contribution in [2.24, 2.45) is 0 Å². The molecule has 1 aliphatic carbocycles. The fraction of sp³-hybridized carbons (Fsp3) is 1.00. The average Bonchev–Trinajstić information content (AvgIpc) is 2.32. The average molecular weight is 226 g/mol. The largest absolute Gasteiger partial charge is 0.393 e. The molecule has 0 atom stereocenters. The Kier molecular flexibility index (Phi) is 4.62. The standard InChI is InChI=1S/C13H26N2O/c1-2-7-14-8-10-15(11-9-14)12-3-5-13(16)6-4-12/h12-13,16H,2-11H2,1H3. The highest BCUT2D eigenvalue weighted by molar-refractivity contribution is 4.82. The zero-order valence-corrected chi connectivity index (χ0v) is 10.6. The second-order valence-corrected chi connectivity index (χ2v) is 5.34. The van der Waals surface area contributed by atoms with Crippen LogP contribution in [0.3, 0.4) is 0 Å². The van der Waals surface area contributed by atoms with Gasteiger partial charge in [-0.3, -0.25) is 4.90 Å². The number of aliphatic hydroxyl groups is 1. The van der Waals surface area contributed by atoms with E-state index in [4.69, 9.17) is 0 Å². The molecule has 2 fully saturated rings. The zero-order chi connectivity index (χ0) is 11.4. The van der Waals surface area contributed by atoms with Gasteiger partial charge in [0, 0.05) is 32.2 Å². The number of rotatable bonds is 3. The molecular weight excluding hydrogens is 200 g/mol. The van der Waals surface area contributed by atoms with E-state index in [1.165, 1.54) is 52.0 Å². The summed E-state index contributed by atoms with van der Waals surface area (Å²) < 4.78 is 0. The first-order valence-electron chi connectivity index (χ1n) is 6.94. The first-order valence-corrected chi connectivity index (χ1v) is 6.94. The Morgan fingerprint density at radius 3 is 2.19 bits per heavy atom. The number of aliphatic hydroxyl groups excluding tert-OH is 1. The summed E-state index contributed by atoms with van der Waals surface area (Å²) in [6, 6.07) is 0.757. The van der Waals surface area contributed by atoms with Crippen molar-refractivity contribution >= 4 is 0 Å². The lowest BCUT2D eigenvalue weighted by Gasteiger charge is -2.41. The Labute approximate surface area is 99.4 Å². The van der Waals surface area contributed by atoms with Crippen molar-refractivity contribution in [1.29, 1.82) is 0 Å². The van der Waals surface area contributed by atoms with Crippen LogP contribution >= 0.6 is 0 Å². The molecule has 0 bridgehead atoms. The number of hydrogen-bond acceptors (Lipinski definition) is 3. The molecular formula is C13H26N2O. The van der Waals surface area contributed by atoms with E-state index < -0.39 is 0 Å². The van der Waals surface area contributed by atoms with Gasteiger partial charge in [-0.15, -0.1) is 0 Å². The number of nitrogens with zero attached hydrogens (tertiary/aromatic N) is 2. The van der Waals surface area contributed by atoms with E-state index >= 15 is 0 Å². The van der Waals surface area contributed by atoms with Gasteiger partial charge in [-0.05, 0) is 38.6 Å². The Hall–Kier alpha value is -0.120. The Bertz CT molecular complexity index is 194. The van der Waals surface area contributed by atoms with E-state index in [1.807, 2.05) is 0 Å². The lowest BCUT2D eigenvalue weighted by atomic mass is 9.91. The van der Waals surface area contributed by atoms with Gasteiger partial charge in [0.1, 0.15) is 0 Å². The van der Waals surface area contributed by atoms with Gasteiger partial charge < -0.3 is 10.0 Å². The first kappa shape index (κ1) is 12.3. The smallest absolute Gasteiger partial charge is 0.0541 e. The van der Waals surface area contributed by atoms with E-state index in [1.54, 1.807) is 0 Å². The monoisotopic (exact) mass is 226 g/mol. The number of hydrogen-bond donors (Lipinski definition) is 1. The lowest BCUT2D eigenvalue weighted by Crippen LogP contribution is -2.51. The Morgan fingerprint density at radius 2 is 1.62 bits per heavy atom. The fourth-order valence-corrected chi connectivity index (χ4v) is 3.09. The van der Waals surface area contributed by atoms with Crippen LogP contribution in [-0.4, -0.2) is 59.8 Å². The summed E-state index contributed by atoms with van der Waals surface area (Å²) in [6.07, 6.45) is 5.69. The van der Waals surface area contributed by atoms with Gasteiger partial charge in [-0.1, -0.05) is 6.92 Å². The molecule has 0 radical (unpaired) electrons. The fourth-order valence-electron chi connectivity index (χ4n) is 3.09. The Balaban J connectivity index is 1.72. The second kappa shape index (κ2) is 5.99. The van der Waals surface area contributed by atoms with Gasteiger partial charge in [0.25, 0.3) is 0 Å². The van der Waals surface area contributed by atoms with Crippen LogP contribution in [-0.2, 0) is 0 Å². The highest BCUT2D eigenvalue weighted by Gasteiger charge is 2.27. The highest BCUT2D eigenvalue weighted by Crippen LogP contribution is 2.23. The molecule has 0 aromatic rings. The molecule has 0 aromatic carbocycles. The summed E-state index contributed by atoms with van der Waals surface area (Å²) in [7, 11) is 0. The normalized spacial score (nSPS) is 34.1. The second-order valence-electron chi connectivity index (χ2n) is 5.34. The topological polar surface area (TPSA) is 26.7 Å². The molecule has 2 aliphatic rings. The van der Waals surface area contributed by atoms with Crippen molar-refractivity contribution in [3.05, 3.63) is 0 Å². The van der Waals surface area contributed by atoms with E-state index in [-0.39, 0.29) is 6.10 Å². The molecule has 1 aliphatic heterocycles. The third-order valence-electron chi connectivity index (χ3n) is 4.13. The van der Waals surface area contributed by atoms with E-state index in [0.29, 0.717) is 0 Å². The molecule has 2 rings (SSSR count). The van der Waals surface area contributed by atoms with Crippen molar-refractivity contribution in [2.45, 2.75) is 51.2 Å². The van der Waals surface area contributed by atoms with Crippen molar-refractivity contribution in [2.75, 3.05) is 32.7 Å². The minimum atomic E-state index is -0.0161. The van der Waals surface area contributed by atoms with Gasteiger partial charge >= 0.3 is 0 Å². The maximum Gasteiger partial charge on any atom is 0.0541 e. The summed E-state index contributed by atoms with van der Waals surface area (Å²) in [5, 5.41) is 9.51. The van der Waals surface area contributed by atoms with Gasteiger partial charge in [0.15, 0.2) is 0 Å². The summed E-state index contributed by atoms with van der Waals surface area (Å²) in [5.41, 5.74) is 0. The molecule has 0 unspecified atom stereocenters. The van der Waals surface area contributed by atoms with Crippen molar-refractivity contribution < 1.29 is 5.11 Å². The van der Waals surface area contributed by atoms with Crippen LogP contribution in [0, 0.1) is 0 Å². The minimum absolute atomic E-state index is 0.0161. The SMILES string of the molecule is CCCN1CCN(C2CCC(O)CC2)CC1. The van der Waals surface area contributed by atoms with Crippen LogP contribution in [0.2, 0.25) is 0 Å². The zero-order valence-electron chi connectivity index (χ0n) is 10.6. The summed E-state index contributed by atoms with van der Waals surface area (Å²) in [6.45, 7) is 8.48. The van der Waals surface area contributed by atoms with Crippen LogP contribution in [0.1, 0.15) is 39.0 Å². The summed E-state index contributed by atoms with van der Waals surface area (Å²) in [4.78, 5) is 5.23. The van der Waals surface area contributed by atoms with Crippen LogP contribution in [0.5, 0.6) is 0 Å². The third kappa shape index (κ3) is 3.19. The van der Waals surface area contributed by atoms with Crippen LogP contribution < -0.4 is 0 Å².